The van der Waals surface area contributed by atoms with E-state index in [9.17, 15) is 9.59 Å². The van der Waals surface area contributed by atoms with Crippen LogP contribution < -0.4 is 4.90 Å². The van der Waals surface area contributed by atoms with Crippen molar-refractivity contribution < 1.29 is 9.59 Å². The summed E-state index contributed by atoms with van der Waals surface area (Å²) in [7, 11) is 0. The Morgan fingerprint density at radius 2 is 1.07 bits per heavy atom. The molecular formula is C40H24N2O2S. The standard InChI is InChI=1S/C40H24N2O2S/c43-39-37-34-20-18-27(23-36(34)45-38(37)41-40(44)42(39)28-11-2-1-3-12-28)25-10-8-9-24(21-25)26-17-19-33-31-15-5-4-13-29(31)30-14-6-7-16-32(30)35(33)22-26/h1-23,37H. The van der Waals surface area contributed by atoms with Crippen LogP contribution in [0.2, 0.25) is 0 Å². The van der Waals surface area contributed by atoms with Gasteiger partial charge in [0, 0.05) is 4.90 Å². The number of benzene rings is 7. The van der Waals surface area contributed by atoms with E-state index in [1.54, 1.807) is 12.1 Å². The molecule has 0 bridgehead atoms. The van der Waals surface area contributed by atoms with Crippen LogP contribution in [0.1, 0.15) is 11.5 Å². The van der Waals surface area contributed by atoms with Crippen LogP contribution >= 0.6 is 11.8 Å². The van der Waals surface area contributed by atoms with Gasteiger partial charge in [-0.1, -0.05) is 121 Å². The fourth-order valence-electron chi connectivity index (χ4n) is 6.82. The Bertz CT molecular complexity index is 2380. The van der Waals surface area contributed by atoms with Crippen LogP contribution in [-0.4, -0.2) is 17.0 Å². The first-order valence-electron chi connectivity index (χ1n) is 14.9. The van der Waals surface area contributed by atoms with E-state index < -0.39 is 11.9 Å². The molecular weight excluding hydrogens is 573 g/mol. The van der Waals surface area contributed by atoms with Gasteiger partial charge in [0.1, 0.15) is 11.0 Å². The maximum Gasteiger partial charge on any atom is 0.355 e. The molecule has 1 atom stereocenters. The number of rotatable bonds is 3. The van der Waals surface area contributed by atoms with Crippen molar-refractivity contribution in [2.75, 3.05) is 4.90 Å². The number of amides is 3. The lowest BCUT2D eigenvalue weighted by molar-refractivity contribution is -0.118. The van der Waals surface area contributed by atoms with Gasteiger partial charge in [0.15, 0.2) is 0 Å². The van der Waals surface area contributed by atoms with Crippen LogP contribution in [0.15, 0.2) is 149 Å². The largest absolute Gasteiger partial charge is 0.355 e. The third kappa shape index (κ3) is 4.05. The van der Waals surface area contributed by atoms with Gasteiger partial charge in [-0.05, 0) is 90.5 Å². The van der Waals surface area contributed by atoms with E-state index >= 15 is 0 Å². The quantitative estimate of drug-likeness (QED) is 0.191. The van der Waals surface area contributed by atoms with E-state index in [1.165, 1.54) is 49.0 Å². The van der Waals surface area contributed by atoms with Crippen LogP contribution in [0.5, 0.6) is 0 Å². The van der Waals surface area contributed by atoms with Gasteiger partial charge < -0.3 is 0 Å². The number of aliphatic imine (C=N–C) groups is 1. The summed E-state index contributed by atoms with van der Waals surface area (Å²) in [5.41, 5.74) is 5.87. The summed E-state index contributed by atoms with van der Waals surface area (Å²) >= 11 is 1.42. The van der Waals surface area contributed by atoms with Crippen LogP contribution in [0.3, 0.4) is 0 Å². The second-order valence-electron chi connectivity index (χ2n) is 11.5. The van der Waals surface area contributed by atoms with Crippen LogP contribution in [-0.2, 0) is 4.79 Å². The minimum atomic E-state index is -0.563. The summed E-state index contributed by atoms with van der Waals surface area (Å²) in [4.78, 5) is 33.0. The van der Waals surface area contributed by atoms with Crippen LogP contribution in [0, 0.1) is 0 Å². The Morgan fingerprint density at radius 1 is 0.511 bits per heavy atom. The molecule has 2 heterocycles. The number of para-hydroxylation sites is 1. The summed E-state index contributed by atoms with van der Waals surface area (Å²) in [6.45, 7) is 0. The van der Waals surface area contributed by atoms with Gasteiger partial charge in [-0.2, -0.15) is 4.99 Å². The maximum absolute atomic E-state index is 13.6. The highest BCUT2D eigenvalue weighted by Crippen LogP contribution is 2.47. The number of carbonyl (C=O) groups is 2. The topological polar surface area (TPSA) is 49.7 Å². The van der Waals surface area contributed by atoms with Gasteiger partial charge in [-0.3, -0.25) is 4.79 Å². The first kappa shape index (κ1) is 25.9. The van der Waals surface area contributed by atoms with Gasteiger partial charge >= 0.3 is 6.03 Å². The molecule has 2 aliphatic rings. The van der Waals surface area contributed by atoms with Gasteiger partial charge in [-0.25, -0.2) is 9.69 Å². The molecule has 0 saturated carbocycles. The molecule has 1 unspecified atom stereocenters. The number of imide groups is 1. The Kier molecular flexibility index (Phi) is 5.77. The van der Waals surface area contributed by atoms with Crippen molar-refractivity contribution in [3.05, 3.63) is 145 Å². The summed E-state index contributed by atoms with van der Waals surface area (Å²) in [6.07, 6.45) is 0. The number of thioether (sulfide) groups is 1. The third-order valence-electron chi connectivity index (χ3n) is 8.94. The van der Waals surface area contributed by atoms with Crippen molar-refractivity contribution in [3.63, 3.8) is 0 Å². The molecule has 7 aromatic carbocycles. The number of urea groups is 1. The van der Waals surface area contributed by atoms with Crippen molar-refractivity contribution in [1.29, 1.82) is 0 Å². The molecule has 5 heteroatoms. The van der Waals surface area contributed by atoms with Gasteiger partial charge in [-0.15, -0.1) is 0 Å². The van der Waals surface area contributed by atoms with E-state index in [-0.39, 0.29) is 5.91 Å². The highest BCUT2D eigenvalue weighted by Gasteiger charge is 2.44. The normalized spacial score (nSPS) is 15.9. The molecule has 0 N–H and O–H groups in total. The van der Waals surface area contributed by atoms with Gasteiger partial charge in [0.25, 0.3) is 0 Å². The van der Waals surface area contributed by atoms with Crippen molar-refractivity contribution in [2.45, 2.75) is 10.8 Å². The SMILES string of the molecule is O=C1N=C2Sc3cc(-c4cccc(-c5ccc6c7ccccc7c7ccccc7c6c5)c4)ccc3C2C(=O)N1c1ccccc1. The lowest BCUT2D eigenvalue weighted by atomic mass is 9.91. The predicted molar refractivity (Wildman–Crippen MR) is 185 cm³/mol. The summed E-state index contributed by atoms with van der Waals surface area (Å²) in [5, 5.41) is 8.10. The molecule has 2 aliphatic heterocycles. The zero-order valence-corrected chi connectivity index (χ0v) is 24.8. The Hall–Kier alpha value is -5.52. The number of hydrogen-bond donors (Lipinski definition) is 0. The Balaban J connectivity index is 1.10. The molecule has 3 amide bonds. The van der Waals surface area contributed by atoms with Gasteiger partial charge in [0.05, 0.1) is 5.69 Å². The minimum Gasteiger partial charge on any atom is -0.273 e. The van der Waals surface area contributed by atoms with E-state index in [0.717, 1.165) is 32.7 Å². The van der Waals surface area contributed by atoms with Crippen molar-refractivity contribution in [3.8, 4) is 22.3 Å². The third-order valence-corrected chi connectivity index (χ3v) is 10.0. The number of fused-ring (bicyclic) bond motifs is 9. The lowest BCUT2D eigenvalue weighted by Crippen LogP contribution is -2.43. The number of carbonyl (C=O) groups excluding carboxylic acids is 2. The molecule has 212 valence electrons. The molecule has 7 aromatic rings. The van der Waals surface area contributed by atoms with E-state index in [4.69, 9.17) is 0 Å². The first-order chi connectivity index (χ1) is 22.1. The fraction of sp³-hybridized carbons (Fsp3) is 0.0250. The molecule has 0 saturated heterocycles. The molecule has 0 spiro atoms. The zero-order valence-electron chi connectivity index (χ0n) is 24.0. The van der Waals surface area contributed by atoms with E-state index in [0.29, 0.717) is 10.7 Å². The highest BCUT2D eigenvalue weighted by atomic mass is 32.2. The van der Waals surface area contributed by atoms with Crippen molar-refractivity contribution in [1.82, 2.24) is 0 Å². The molecule has 0 aromatic heterocycles. The number of hydrogen-bond acceptors (Lipinski definition) is 3. The van der Waals surface area contributed by atoms with E-state index in [2.05, 4.69) is 108 Å². The highest BCUT2D eigenvalue weighted by molar-refractivity contribution is 8.14. The van der Waals surface area contributed by atoms with Crippen molar-refractivity contribution >= 4 is 66.7 Å². The summed E-state index contributed by atoms with van der Waals surface area (Å²) < 4.78 is 0. The Morgan fingerprint density at radius 3 is 1.76 bits per heavy atom. The average Bonchev–Trinajstić information content (AvgIpc) is 3.46. The summed E-state index contributed by atoms with van der Waals surface area (Å²) in [5.74, 6) is -0.819. The molecule has 9 rings (SSSR count). The number of anilines is 1. The lowest BCUT2D eigenvalue weighted by Gasteiger charge is -2.26. The summed E-state index contributed by atoms with van der Waals surface area (Å²) in [6, 6.07) is 47.3. The zero-order chi connectivity index (χ0) is 30.1. The van der Waals surface area contributed by atoms with Crippen LogP contribution in [0.4, 0.5) is 10.5 Å². The first-order valence-corrected chi connectivity index (χ1v) is 15.7. The molecule has 0 aliphatic carbocycles. The Labute approximate surface area is 263 Å². The second kappa shape index (κ2) is 10.0. The van der Waals surface area contributed by atoms with Crippen molar-refractivity contribution in [2.24, 2.45) is 4.99 Å². The van der Waals surface area contributed by atoms with E-state index in [1.807, 2.05) is 24.3 Å². The average molecular weight is 597 g/mol. The smallest absolute Gasteiger partial charge is 0.273 e. The molecule has 45 heavy (non-hydrogen) atoms. The minimum absolute atomic E-state index is 0.256. The molecule has 0 radical (unpaired) electrons. The maximum atomic E-state index is 13.6. The fourth-order valence-corrected chi connectivity index (χ4v) is 8.00. The van der Waals surface area contributed by atoms with Gasteiger partial charge in [0.2, 0.25) is 5.91 Å². The monoisotopic (exact) mass is 596 g/mol. The second-order valence-corrected chi connectivity index (χ2v) is 12.5. The number of nitrogens with zero attached hydrogens (tertiary/aromatic N) is 2. The molecule has 0 fully saturated rings. The van der Waals surface area contributed by atoms with Crippen LogP contribution in [0.25, 0.3) is 54.6 Å². The predicted octanol–water partition coefficient (Wildman–Crippen LogP) is 10.2. The molecule has 4 nitrogen and oxygen atoms in total.